The Morgan fingerprint density at radius 1 is 0.465 bits per heavy atom. The summed E-state index contributed by atoms with van der Waals surface area (Å²) in [7, 11) is 3.97. The Balaban J connectivity index is 4.20. The Kier molecular flexibility index (Phi) is 32.1. The van der Waals surface area contributed by atoms with Gasteiger partial charge in [-0.3, -0.25) is 9.59 Å². The number of aliphatic hydroxyl groups excluding tert-OH is 1. The maximum absolute atomic E-state index is 13.3. The number of Topliss-reactive ketones (excluding diaryl/α,β-unsaturated/α-hetero) is 2. The zero-order chi connectivity index (χ0) is 31.8. The first-order valence-corrected chi connectivity index (χ1v) is 19.3. The van der Waals surface area contributed by atoms with Crippen LogP contribution in [0.5, 0.6) is 0 Å². The van der Waals surface area contributed by atoms with Crippen molar-refractivity contribution >= 4 is 11.6 Å². The fourth-order valence-corrected chi connectivity index (χ4v) is 6.58. The van der Waals surface area contributed by atoms with E-state index >= 15 is 0 Å². The second kappa shape index (κ2) is 32.6. The zero-order valence-electron chi connectivity index (χ0n) is 29.8. The minimum Gasteiger partial charge on any atom is -0.396 e. The summed E-state index contributed by atoms with van der Waals surface area (Å²) >= 11 is 0. The van der Waals surface area contributed by atoms with Gasteiger partial charge in [-0.1, -0.05) is 168 Å². The van der Waals surface area contributed by atoms with Gasteiger partial charge in [-0.05, 0) is 33.4 Å². The third-order valence-electron chi connectivity index (χ3n) is 9.37. The van der Waals surface area contributed by atoms with Crippen molar-refractivity contribution in [3.63, 3.8) is 0 Å². The molecule has 43 heavy (non-hydrogen) atoms. The quantitative estimate of drug-likeness (QED) is 0.0728. The van der Waals surface area contributed by atoms with E-state index in [0.29, 0.717) is 25.8 Å². The van der Waals surface area contributed by atoms with Crippen LogP contribution in [0.3, 0.4) is 0 Å². The van der Waals surface area contributed by atoms with Crippen LogP contribution >= 0.6 is 0 Å². The number of carbonyl (C=O) groups excluding carboxylic acids is 2. The number of rotatable bonds is 35. The van der Waals surface area contributed by atoms with Crippen molar-refractivity contribution in [1.29, 1.82) is 0 Å². The molecule has 0 aromatic carbocycles. The molecule has 0 radical (unpaired) electrons. The molecule has 2 unspecified atom stereocenters. The summed E-state index contributed by atoms with van der Waals surface area (Å²) in [5.74, 6) is -0.190. The zero-order valence-corrected chi connectivity index (χ0v) is 29.8. The number of carbonyl (C=O) groups is 2. The van der Waals surface area contributed by atoms with Crippen LogP contribution in [-0.2, 0) is 9.59 Å². The standard InChI is InChI=1S/C39H77NO3/c1-5-7-9-11-13-15-17-19-21-23-25-27-29-31-38(42)36(33-34-41)37(35-40(3)4)39(43)32-30-28-26-24-22-20-18-16-14-12-10-8-6-2/h36-37,41H,5-35H2,1-4H3. The lowest BCUT2D eigenvalue weighted by molar-refractivity contribution is -0.133. The van der Waals surface area contributed by atoms with E-state index in [4.69, 9.17) is 0 Å². The molecule has 2 atom stereocenters. The van der Waals surface area contributed by atoms with Crippen LogP contribution in [0, 0.1) is 11.8 Å². The first-order valence-electron chi connectivity index (χ1n) is 19.3. The van der Waals surface area contributed by atoms with Gasteiger partial charge in [-0.25, -0.2) is 0 Å². The molecule has 0 aromatic heterocycles. The molecule has 0 saturated heterocycles. The Bertz CT molecular complexity index is 605. The molecule has 0 bridgehead atoms. The molecular formula is C39H77NO3. The van der Waals surface area contributed by atoms with E-state index in [1.165, 1.54) is 141 Å². The summed E-state index contributed by atoms with van der Waals surface area (Å²) in [4.78, 5) is 28.6. The third kappa shape index (κ3) is 27.3. The van der Waals surface area contributed by atoms with Crippen molar-refractivity contribution in [3.8, 4) is 0 Å². The van der Waals surface area contributed by atoms with E-state index in [2.05, 4.69) is 13.8 Å². The monoisotopic (exact) mass is 608 g/mol. The van der Waals surface area contributed by atoms with Crippen molar-refractivity contribution in [3.05, 3.63) is 0 Å². The summed E-state index contributed by atoms with van der Waals surface area (Å²) in [5.41, 5.74) is 0. The van der Waals surface area contributed by atoms with E-state index in [9.17, 15) is 14.7 Å². The van der Waals surface area contributed by atoms with Crippen molar-refractivity contribution in [2.75, 3.05) is 27.2 Å². The highest BCUT2D eigenvalue weighted by Crippen LogP contribution is 2.25. The number of aliphatic hydroxyl groups is 1. The molecule has 4 heteroatoms. The number of hydrogen-bond acceptors (Lipinski definition) is 4. The average molecular weight is 608 g/mol. The molecule has 1 N–H and O–H groups in total. The molecule has 0 aliphatic heterocycles. The molecular weight excluding hydrogens is 530 g/mol. The van der Waals surface area contributed by atoms with Crippen LogP contribution < -0.4 is 0 Å². The van der Waals surface area contributed by atoms with Gasteiger partial charge in [0.25, 0.3) is 0 Å². The second-order valence-electron chi connectivity index (χ2n) is 13.9. The van der Waals surface area contributed by atoms with Crippen LogP contribution in [0.4, 0.5) is 0 Å². The molecule has 0 aliphatic carbocycles. The molecule has 0 aromatic rings. The first-order chi connectivity index (χ1) is 21.0. The largest absolute Gasteiger partial charge is 0.396 e. The van der Waals surface area contributed by atoms with Gasteiger partial charge >= 0.3 is 0 Å². The lowest BCUT2D eigenvalue weighted by Gasteiger charge is -2.27. The topological polar surface area (TPSA) is 57.6 Å². The maximum Gasteiger partial charge on any atom is 0.137 e. The van der Waals surface area contributed by atoms with Crippen molar-refractivity contribution in [2.24, 2.45) is 11.8 Å². The summed E-state index contributed by atoms with van der Waals surface area (Å²) < 4.78 is 0. The van der Waals surface area contributed by atoms with Crippen molar-refractivity contribution < 1.29 is 14.7 Å². The molecule has 0 heterocycles. The normalized spacial score (nSPS) is 13.1. The van der Waals surface area contributed by atoms with Crippen LogP contribution in [-0.4, -0.2) is 48.8 Å². The van der Waals surface area contributed by atoms with Crippen molar-refractivity contribution in [2.45, 2.75) is 200 Å². The third-order valence-corrected chi connectivity index (χ3v) is 9.37. The molecule has 256 valence electrons. The summed E-state index contributed by atoms with van der Waals surface area (Å²) in [6, 6.07) is 0. The Morgan fingerprint density at radius 3 is 1.02 bits per heavy atom. The summed E-state index contributed by atoms with van der Waals surface area (Å²) in [6.45, 7) is 5.13. The Morgan fingerprint density at radius 2 is 0.744 bits per heavy atom. The van der Waals surface area contributed by atoms with Gasteiger partial charge < -0.3 is 10.0 Å². The minimum atomic E-state index is -0.334. The minimum absolute atomic E-state index is 0.0229. The molecule has 4 nitrogen and oxygen atoms in total. The van der Waals surface area contributed by atoms with Crippen LogP contribution in [0.2, 0.25) is 0 Å². The highest BCUT2D eigenvalue weighted by atomic mass is 16.3. The smallest absolute Gasteiger partial charge is 0.137 e. The van der Waals surface area contributed by atoms with Gasteiger partial charge in [-0.2, -0.15) is 0 Å². The Labute approximate surface area is 269 Å². The Hall–Kier alpha value is -0.740. The lowest BCUT2D eigenvalue weighted by Crippen LogP contribution is -2.38. The molecule has 0 aliphatic rings. The molecule has 0 rings (SSSR count). The number of unbranched alkanes of at least 4 members (excludes halogenated alkanes) is 24. The SMILES string of the molecule is CCCCCCCCCCCCCCCC(=O)C(CCO)C(CN(C)C)C(=O)CCCCCCCCCCCCCCC. The van der Waals surface area contributed by atoms with Gasteiger partial charge in [0.05, 0.1) is 0 Å². The van der Waals surface area contributed by atoms with Gasteiger partial charge in [0.15, 0.2) is 0 Å². The average Bonchev–Trinajstić information content (AvgIpc) is 2.99. The highest BCUT2D eigenvalue weighted by Gasteiger charge is 2.32. The fraction of sp³-hybridized carbons (Fsp3) is 0.949. The number of hydrogen-bond donors (Lipinski definition) is 1. The molecule has 0 amide bonds. The highest BCUT2D eigenvalue weighted by molar-refractivity contribution is 5.90. The predicted molar refractivity (Wildman–Crippen MR) is 188 cm³/mol. The second-order valence-corrected chi connectivity index (χ2v) is 13.9. The molecule has 0 fully saturated rings. The molecule has 0 spiro atoms. The van der Waals surface area contributed by atoms with E-state index in [0.717, 1.165) is 25.7 Å². The van der Waals surface area contributed by atoms with E-state index in [1.807, 2.05) is 19.0 Å². The predicted octanol–water partition coefficient (Wildman–Crippen LogP) is 11.3. The fourth-order valence-electron chi connectivity index (χ4n) is 6.58. The summed E-state index contributed by atoms with van der Waals surface area (Å²) in [5, 5.41) is 9.76. The van der Waals surface area contributed by atoms with Crippen LogP contribution in [0.1, 0.15) is 200 Å². The first kappa shape index (κ1) is 42.3. The van der Waals surface area contributed by atoms with Crippen molar-refractivity contribution in [1.82, 2.24) is 4.90 Å². The van der Waals surface area contributed by atoms with Gasteiger partial charge in [0.2, 0.25) is 0 Å². The van der Waals surface area contributed by atoms with E-state index in [-0.39, 0.29) is 30.0 Å². The number of ketones is 2. The van der Waals surface area contributed by atoms with E-state index < -0.39 is 0 Å². The van der Waals surface area contributed by atoms with Crippen LogP contribution in [0.15, 0.2) is 0 Å². The van der Waals surface area contributed by atoms with E-state index in [1.54, 1.807) is 0 Å². The van der Waals surface area contributed by atoms with Crippen LogP contribution in [0.25, 0.3) is 0 Å². The molecule has 0 saturated carbocycles. The van der Waals surface area contributed by atoms with Gasteiger partial charge in [-0.15, -0.1) is 0 Å². The summed E-state index contributed by atoms with van der Waals surface area (Å²) in [6.07, 6.45) is 35.2. The van der Waals surface area contributed by atoms with Gasteiger partial charge in [0, 0.05) is 37.8 Å². The maximum atomic E-state index is 13.3. The van der Waals surface area contributed by atoms with Gasteiger partial charge in [0.1, 0.15) is 11.6 Å². The lowest BCUT2D eigenvalue weighted by atomic mass is 9.80. The number of nitrogens with zero attached hydrogens (tertiary/aromatic N) is 1.